The van der Waals surface area contributed by atoms with Gasteiger partial charge in [-0.15, -0.1) is 0 Å². The molecule has 0 heterocycles. The molecule has 0 spiro atoms. The second kappa shape index (κ2) is 9.50. The average Bonchev–Trinajstić information content (AvgIpc) is 2.60. The van der Waals surface area contributed by atoms with Crippen molar-refractivity contribution in [2.45, 2.75) is 6.04 Å². The van der Waals surface area contributed by atoms with Gasteiger partial charge in [-0.3, -0.25) is 19.3 Å². The number of nitrogens with one attached hydrogen (secondary N) is 2. The first-order chi connectivity index (χ1) is 12.8. The van der Waals surface area contributed by atoms with E-state index in [0.717, 1.165) is 0 Å². The van der Waals surface area contributed by atoms with E-state index < -0.39 is 23.6 Å². The predicted octanol–water partition coefficient (Wildman–Crippen LogP) is 2.86. The molecule has 0 aliphatic carbocycles. The van der Waals surface area contributed by atoms with E-state index in [4.69, 9.17) is 23.2 Å². The van der Waals surface area contributed by atoms with E-state index in [-0.39, 0.29) is 17.1 Å². The molecule has 2 N–H and O–H groups in total. The van der Waals surface area contributed by atoms with Gasteiger partial charge in [0.2, 0.25) is 11.8 Å². The fraction of sp³-hybridized carbons (Fsp3) is 0.211. The fourth-order valence-electron chi connectivity index (χ4n) is 2.42. The van der Waals surface area contributed by atoms with Crippen molar-refractivity contribution < 1.29 is 14.4 Å². The summed E-state index contributed by atoms with van der Waals surface area (Å²) in [6.45, 7) is -0.264. The average molecular weight is 408 g/mol. The number of amides is 2. The Kier molecular flexibility index (Phi) is 7.36. The van der Waals surface area contributed by atoms with Crippen LogP contribution in [0.3, 0.4) is 0 Å². The number of likely N-dealkylation sites (N-methyl/N-ethyl adjacent to an activating group) is 1. The molecule has 0 fully saturated rings. The summed E-state index contributed by atoms with van der Waals surface area (Å²) in [5.41, 5.74) is 0.800. The molecule has 1 atom stereocenters. The van der Waals surface area contributed by atoms with E-state index in [1.165, 1.54) is 23.1 Å². The second-order valence-corrected chi connectivity index (χ2v) is 6.83. The number of nitrogens with zero attached hydrogens (tertiary/aromatic N) is 1. The number of hydrogen-bond acceptors (Lipinski definition) is 4. The smallest absolute Gasteiger partial charge is 0.245 e. The van der Waals surface area contributed by atoms with Gasteiger partial charge in [0.05, 0.1) is 11.6 Å². The zero-order valence-corrected chi connectivity index (χ0v) is 16.3. The summed E-state index contributed by atoms with van der Waals surface area (Å²) in [4.78, 5) is 38.7. The Bertz CT molecular complexity index is 841. The SMILES string of the molecule is CN(C)[C@H](C(=O)NCC(=O)Nc1ccccc1)C(=O)c1ccc(Cl)cc1Cl. The molecule has 2 aromatic rings. The van der Waals surface area contributed by atoms with E-state index >= 15 is 0 Å². The lowest BCUT2D eigenvalue weighted by Crippen LogP contribution is -2.50. The Labute approximate surface area is 167 Å². The van der Waals surface area contributed by atoms with Gasteiger partial charge in [-0.05, 0) is 44.4 Å². The Morgan fingerprint density at radius 1 is 1.04 bits per heavy atom. The van der Waals surface area contributed by atoms with Crippen LogP contribution in [0.1, 0.15) is 10.4 Å². The van der Waals surface area contributed by atoms with Crippen LogP contribution in [0, 0.1) is 0 Å². The zero-order chi connectivity index (χ0) is 20.0. The van der Waals surface area contributed by atoms with Gasteiger partial charge in [0.25, 0.3) is 0 Å². The van der Waals surface area contributed by atoms with Gasteiger partial charge in [0, 0.05) is 16.3 Å². The summed E-state index contributed by atoms with van der Waals surface area (Å²) in [5.74, 6) is -1.48. The van der Waals surface area contributed by atoms with Crippen molar-refractivity contribution in [2.24, 2.45) is 0 Å². The molecular formula is C19H19Cl2N3O3. The molecule has 0 saturated heterocycles. The highest BCUT2D eigenvalue weighted by Crippen LogP contribution is 2.23. The lowest BCUT2D eigenvalue weighted by molar-refractivity contribution is -0.126. The maximum Gasteiger partial charge on any atom is 0.245 e. The number of ketones is 1. The number of hydrogen-bond donors (Lipinski definition) is 2. The minimum atomic E-state index is -1.13. The molecule has 142 valence electrons. The molecule has 0 unspecified atom stereocenters. The predicted molar refractivity (Wildman–Crippen MR) is 106 cm³/mol. The van der Waals surface area contributed by atoms with Crippen molar-refractivity contribution in [1.29, 1.82) is 0 Å². The van der Waals surface area contributed by atoms with E-state index in [2.05, 4.69) is 10.6 Å². The number of rotatable bonds is 7. The van der Waals surface area contributed by atoms with Crippen molar-refractivity contribution in [2.75, 3.05) is 26.0 Å². The highest BCUT2D eigenvalue weighted by molar-refractivity contribution is 6.37. The summed E-state index contributed by atoms with van der Waals surface area (Å²) in [6.07, 6.45) is 0. The molecule has 8 heteroatoms. The second-order valence-electron chi connectivity index (χ2n) is 5.99. The van der Waals surface area contributed by atoms with Gasteiger partial charge in [0.15, 0.2) is 11.8 Å². The number of para-hydroxylation sites is 1. The van der Waals surface area contributed by atoms with Gasteiger partial charge in [-0.2, -0.15) is 0 Å². The molecule has 2 aromatic carbocycles. The van der Waals surface area contributed by atoms with Gasteiger partial charge < -0.3 is 10.6 Å². The summed E-state index contributed by atoms with van der Waals surface area (Å²) in [7, 11) is 3.19. The van der Waals surface area contributed by atoms with Gasteiger partial charge in [0.1, 0.15) is 0 Å². The number of halogens is 2. The van der Waals surface area contributed by atoms with E-state index in [1.54, 1.807) is 38.4 Å². The van der Waals surface area contributed by atoms with Gasteiger partial charge in [-0.25, -0.2) is 0 Å². The van der Waals surface area contributed by atoms with Crippen LogP contribution >= 0.6 is 23.2 Å². The quantitative estimate of drug-likeness (QED) is 0.546. The van der Waals surface area contributed by atoms with Gasteiger partial charge >= 0.3 is 0 Å². The molecule has 2 rings (SSSR count). The number of Topliss-reactive ketones (excluding diaryl/α,β-unsaturated/α-hetero) is 1. The van der Waals surface area contributed by atoms with Crippen LogP contribution in [0.5, 0.6) is 0 Å². The number of carbonyl (C=O) groups is 3. The van der Waals surface area contributed by atoms with Crippen LogP contribution in [-0.4, -0.2) is 49.2 Å². The van der Waals surface area contributed by atoms with Crippen molar-refractivity contribution in [3.05, 3.63) is 64.1 Å². The van der Waals surface area contributed by atoms with E-state index in [9.17, 15) is 14.4 Å². The largest absolute Gasteiger partial charge is 0.345 e. The molecule has 0 bridgehead atoms. The molecular weight excluding hydrogens is 389 g/mol. The summed E-state index contributed by atoms with van der Waals surface area (Å²) < 4.78 is 0. The summed E-state index contributed by atoms with van der Waals surface area (Å²) in [6, 6.07) is 12.2. The van der Waals surface area contributed by atoms with E-state index in [1.807, 2.05) is 6.07 Å². The van der Waals surface area contributed by atoms with Crippen LogP contribution < -0.4 is 10.6 Å². The minimum absolute atomic E-state index is 0.161. The third-order valence-corrected chi connectivity index (χ3v) is 4.24. The first-order valence-corrected chi connectivity index (χ1v) is 8.83. The molecule has 27 heavy (non-hydrogen) atoms. The minimum Gasteiger partial charge on any atom is -0.345 e. The monoisotopic (exact) mass is 407 g/mol. The molecule has 0 saturated carbocycles. The van der Waals surface area contributed by atoms with Crippen molar-refractivity contribution >= 4 is 46.5 Å². The molecule has 2 amide bonds. The van der Waals surface area contributed by atoms with Crippen LogP contribution in [-0.2, 0) is 9.59 Å². The maximum absolute atomic E-state index is 12.8. The van der Waals surface area contributed by atoms with Crippen molar-refractivity contribution in [3.8, 4) is 0 Å². The topological polar surface area (TPSA) is 78.5 Å². The standard InChI is InChI=1S/C19H19Cl2N3O3/c1-24(2)17(18(26)14-9-8-12(20)10-15(14)21)19(27)22-11-16(25)23-13-6-4-3-5-7-13/h3-10,17H,11H2,1-2H3,(H,22,27)(H,23,25)/t17-/m0/s1. The Morgan fingerprint density at radius 3 is 2.30 bits per heavy atom. The fourth-order valence-corrected chi connectivity index (χ4v) is 2.92. The molecule has 0 aromatic heterocycles. The Morgan fingerprint density at radius 2 is 1.70 bits per heavy atom. The molecule has 6 nitrogen and oxygen atoms in total. The maximum atomic E-state index is 12.8. The molecule has 0 radical (unpaired) electrons. The van der Waals surface area contributed by atoms with Crippen LogP contribution in [0.15, 0.2) is 48.5 Å². The van der Waals surface area contributed by atoms with Crippen LogP contribution in [0.25, 0.3) is 0 Å². The zero-order valence-electron chi connectivity index (χ0n) is 14.8. The first kappa shape index (κ1) is 20.9. The Balaban J connectivity index is 2.04. The summed E-state index contributed by atoms with van der Waals surface area (Å²) in [5, 5.41) is 5.69. The van der Waals surface area contributed by atoms with E-state index in [0.29, 0.717) is 10.7 Å². The normalized spacial score (nSPS) is 11.7. The third-order valence-electron chi connectivity index (χ3n) is 3.69. The third kappa shape index (κ3) is 5.79. The summed E-state index contributed by atoms with van der Waals surface area (Å²) >= 11 is 11.9. The lowest BCUT2D eigenvalue weighted by Gasteiger charge is -2.22. The lowest BCUT2D eigenvalue weighted by atomic mass is 10.0. The molecule has 0 aliphatic rings. The van der Waals surface area contributed by atoms with Crippen molar-refractivity contribution in [1.82, 2.24) is 10.2 Å². The highest BCUT2D eigenvalue weighted by atomic mass is 35.5. The molecule has 0 aliphatic heterocycles. The first-order valence-electron chi connectivity index (χ1n) is 8.08. The number of benzene rings is 2. The van der Waals surface area contributed by atoms with Crippen LogP contribution in [0.4, 0.5) is 5.69 Å². The highest BCUT2D eigenvalue weighted by Gasteiger charge is 2.31. The Hall–Kier alpha value is -2.41. The number of anilines is 1. The van der Waals surface area contributed by atoms with Crippen LogP contribution in [0.2, 0.25) is 10.0 Å². The van der Waals surface area contributed by atoms with Crippen molar-refractivity contribution in [3.63, 3.8) is 0 Å². The van der Waals surface area contributed by atoms with Gasteiger partial charge in [-0.1, -0.05) is 41.4 Å². The number of carbonyl (C=O) groups excluding carboxylic acids is 3.